The van der Waals surface area contributed by atoms with Gasteiger partial charge in [0.2, 0.25) is 0 Å². The number of rotatable bonds is 4. The molecule has 2 aromatic carbocycles. The fraction of sp³-hybridized carbons (Fsp3) is 0.154. The third-order valence-electron chi connectivity index (χ3n) is 2.85. The second-order valence-corrected chi connectivity index (χ2v) is 5.94. The molecule has 0 spiro atoms. The van der Waals surface area contributed by atoms with Crippen molar-refractivity contribution in [2.45, 2.75) is 10.8 Å². The first kappa shape index (κ1) is 22.8. The van der Waals surface area contributed by atoms with Gasteiger partial charge in [-0.2, -0.15) is 17.6 Å². The SMILES string of the molecule is O=C(C(F)(F)Cl)C(F)(F)Cl.O=[N+]([O-])c1cc([N+](=O)[O-])c2ccccc2c1Cl. The van der Waals surface area contributed by atoms with Gasteiger partial charge in [0.15, 0.2) is 0 Å². The molecule has 0 heterocycles. The van der Waals surface area contributed by atoms with Gasteiger partial charge >= 0.3 is 16.5 Å². The van der Waals surface area contributed by atoms with E-state index in [9.17, 15) is 42.6 Å². The molecule has 0 N–H and O–H groups in total. The molecule has 146 valence electrons. The molecule has 0 saturated carbocycles. The van der Waals surface area contributed by atoms with E-state index in [4.69, 9.17) is 11.6 Å². The molecule has 0 saturated heterocycles. The quantitative estimate of drug-likeness (QED) is 0.263. The molecule has 0 unspecified atom stereocenters. The van der Waals surface area contributed by atoms with Gasteiger partial charge < -0.3 is 0 Å². The predicted octanol–water partition coefficient (Wildman–Crippen LogP) is 5.53. The number of Topliss-reactive ketones (excluding diaryl/α,β-unsaturated/α-hetero) is 1. The third kappa shape index (κ3) is 5.62. The van der Waals surface area contributed by atoms with Crippen LogP contribution in [-0.4, -0.2) is 26.4 Å². The highest BCUT2D eigenvalue weighted by molar-refractivity contribution is 6.41. The molecule has 0 aliphatic heterocycles. The van der Waals surface area contributed by atoms with Gasteiger partial charge in [-0.1, -0.05) is 29.8 Å². The Balaban J connectivity index is 0.000000314. The molecule has 0 atom stereocenters. The molecule has 2 rings (SSSR count). The number of nitrogens with zero attached hydrogens (tertiary/aromatic N) is 2. The molecule has 0 fully saturated rings. The summed E-state index contributed by atoms with van der Waals surface area (Å²) in [7, 11) is 0. The van der Waals surface area contributed by atoms with E-state index in [2.05, 4.69) is 23.2 Å². The maximum absolute atomic E-state index is 11.5. The summed E-state index contributed by atoms with van der Waals surface area (Å²) in [6, 6.07) is 7.12. The van der Waals surface area contributed by atoms with Gasteiger partial charge in [0.1, 0.15) is 5.02 Å². The zero-order chi connectivity index (χ0) is 21.2. The van der Waals surface area contributed by atoms with Crippen molar-refractivity contribution in [3.8, 4) is 0 Å². The Kier molecular flexibility index (Phi) is 6.92. The van der Waals surface area contributed by atoms with Gasteiger partial charge in [-0.3, -0.25) is 25.0 Å². The van der Waals surface area contributed by atoms with Crippen LogP contribution in [0.3, 0.4) is 0 Å². The fourth-order valence-electron chi connectivity index (χ4n) is 1.75. The Morgan fingerprint density at radius 1 is 0.889 bits per heavy atom. The van der Waals surface area contributed by atoms with Crippen LogP contribution >= 0.6 is 34.8 Å². The van der Waals surface area contributed by atoms with Gasteiger partial charge in [0.25, 0.3) is 11.4 Å². The molecule has 0 aliphatic carbocycles. The first-order valence-electron chi connectivity index (χ1n) is 6.36. The molecule has 0 radical (unpaired) electrons. The number of nitro benzene ring substituents is 2. The molecular weight excluding hydrogens is 447 g/mol. The normalized spacial score (nSPS) is 11.5. The van der Waals surface area contributed by atoms with Crippen LogP contribution in [0.2, 0.25) is 5.02 Å². The lowest BCUT2D eigenvalue weighted by atomic mass is 10.1. The van der Waals surface area contributed by atoms with Crippen molar-refractivity contribution >= 4 is 62.7 Å². The first-order valence-corrected chi connectivity index (χ1v) is 7.49. The number of carbonyl (C=O) groups is 1. The molecule has 0 amide bonds. The number of fused-ring (bicyclic) bond motifs is 1. The zero-order valence-electron chi connectivity index (χ0n) is 12.5. The molecule has 2 aromatic rings. The van der Waals surface area contributed by atoms with E-state index >= 15 is 0 Å². The van der Waals surface area contributed by atoms with Crippen molar-refractivity contribution in [1.29, 1.82) is 0 Å². The Morgan fingerprint density at radius 2 is 1.30 bits per heavy atom. The van der Waals surface area contributed by atoms with Gasteiger partial charge in [0.05, 0.1) is 21.3 Å². The molecule has 27 heavy (non-hydrogen) atoms. The summed E-state index contributed by atoms with van der Waals surface area (Å²) >= 11 is 13.7. The van der Waals surface area contributed by atoms with Crippen molar-refractivity contribution in [3.63, 3.8) is 0 Å². The molecule has 0 aromatic heterocycles. The van der Waals surface area contributed by atoms with Gasteiger partial charge in [0, 0.05) is 5.39 Å². The molecule has 0 aliphatic rings. The topological polar surface area (TPSA) is 103 Å². The van der Waals surface area contributed by atoms with Crippen molar-refractivity contribution in [2.75, 3.05) is 0 Å². The number of ketones is 1. The summed E-state index contributed by atoms with van der Waals surface area (Å²) in [5.74, 6) is -2.82. The number of non-ortho nitro benzene ring substituents is 1. The van der Waals surface area contributed by atoms with E-state index < -0.39 is 32.1 Å². The maximum atomic E-state index is 11.5. The predicted molar refractivity (Wildman–Crippen MR) is 88.9 cm³/mol. The van der Waals surface area contributed by atoms with Crippen molar-refractivity contribution in [3.05, 3.63) is 55.6 Å². The number of carbonyl (C=O) groups excluding carboxylic acids is 1. The number of benzene rings is 2. The van der Waals surface area contributed by atoms with Crippen LogP contribution in [0.1, 0.15) is 0 Å². The van der Waals surface area contributed by atoms with E-state index in [0.29, 0.717) is 5.39 Å². The van der Waals surface area contributed by atoms with Gasteiger partial charge in [-0.15, -0.1) is 0 Å². The minimum Gasteiger partial charge on any atom is -0.283 e. The van der Waals surface area contributed by atoms with Crippen LogP contribution in [0.4, 0.5) is 28.9 Å². The average molecular weight is 452 g/mol. The van der Waals surface area contributed by atoms with E-state index in [1.807, 2.05) is 0 Å². The molecule has 0 bridgehead atoms. The third-order valence-corrected chi connectivity index (χ3v) is 3.59. The van der Waals surface area contributed by atoms with Crippen LogP contribution in [0.5, 0.6) is 0 Å². The van der Waals surface area contributed by atoms with E-state index in [1.54, 1.807) is 12.1 Å². The van der Waals surface area contributed by atoms with Crippen LogP contribution in [0.15, 0.2) is 30.3 Å². The summed E-state index contributed by atoms with van der Waals surface area (Å²) in [5, 5.41) is 12.9. The highest BCUT2D eigenvalue weighted by Gasteiger charge is 2.51. The van der Waals surface area contributed by atoms with Gasteiger partial charge in [-0.05, 0) is 29.3 Å². The second-order valence-electron chi connectivity index (χ2n) is 4.61. The Labute approximate surface area is 161 Å². The van der Waals surface area contributed by atoms with Crippen molar-refractivity contribution in [1.82, 2.24) is 0 Å². The van der Waals surface area contributed by atoms with Crippen molar-refractivity contribution in [2.24, 2.45) is 0 Å². The Hall–Kier alpha value is -2.24. The lowest BCUT2D eigenvalue weighted by molar-refractivity contribution is -0.392. The van der Waals surface area contributed by atoms with Crippen LogP contribution < -0.4 is 0 Å². The average Bonchev–Trinajstić information content (AvgIpc) is 2.53. The first-order chi connectivity index (χ1) is 12.2. The minimum absolute atomic E-state index is 0.0869. The highest BCUT2D eigenvalue weighted by Crippen LogP contribution is 2.38. The second kappa shape index (κ2) is 8.19. The van der Waals surface area contributed by atoms with E-state index in [1.165, 1.54) is 12.1 Å². The summed E-state index contributed by atoms with van der Waals surface area (Å²) in [4.78, 5) is 29.9. The minimum atomic E-state index is -4.61. The maximum Gasteiger partial charge on any atom is 0.387 e. The lowest BCUT2D eigenvalue weighted by Crippen LogP contribution is -2.34. The number of nitro groups is 2. The summed E-state index contributed by atoms with van der Waals surface area (Å²) in [6.45, 7) is 0. The van der Waals surface area contributed by atoms with Crippen LogP contribution in [-0.2, 0) is 4.79 Å². The van der Waals surface area contributed by atoms with Crippen molar-refractivity contribution < 1.29 is 32.2 Å². The van der Waals surface area contributed by atoms with Crippen LogP contribution in [0, 0.1) is 20.2 Å². The lowest BCUT2D eigenvalue weighted by Gasteiger charge is -2.09. The number of hydrogen-bond acceptors (Lipinski definition) is 5. The molecule has 7 nitrogen and oxygen atoms in total. The van der Waals surface area contributed by atoms with E-state index in [0.717, 1.165) is 6.07 Å². The van der Waals surface area contributed by atoms with Crippen LogP contribution in [0.25, 0.3) is 10.8 Å². The Morgan fingerprint density at radius 3 is 1.63 bits per heavy atom. The number of halogens is 7. The summed E-state index contributed by atoms with van der Waals surface area (Å²) in [6.07, 6.45) is 0. The standard InChI is InChI=1S/C10H5ClN2O4.C3Cl2F4O/c11-10-7-4-2-1-3-6(7)8(12(14)15)5-9(10)13(16)17;4-2(6,7)1(10)3(5,8)9/h1-5H;. The zero-order valence-corrected chi connectivity index (χ0v) is 14.7. The smallest absolute Gasteiger partial charge is 0.283 e. The number of alkyl halides is 6. The summed E-state index contributed by atoms with van der Waals surface area (Å²) < 4.78 is 45.9. The van der Waals surface area contributed by atoms with E-state index in [-0.39, 0.29) is 16.1 Å². The largest absolute Gasteiger partial charge is 0.387 e. The number of hydrogen-bond donors (Lipinski definition) is 0. The fourth-order valence-corrected chi connectivity index (χ4v) is 2.33. The summed E-state index contributed by atoms with van der Waals surface area (Å²) in [5.41, 5.74) is -0.784. The molecule has 14 heteroatoms. The Bertz CT molecular complexity index is 899. The van der Waals surface area contributed by atoms with Gasteiger partial charge in [-0.25, -0.2) is 0 Å². The highest BCUT2D eigenvalue weighted by atomic mass is 35.5. The monoisotopic (exact) mass is 450 g/mol. The molecular formula is C13H5Cl3F4N2O5.